The van der Waals surface area contributed by atoms with Crippen LogP contribution in [0.2, 0.25) is 0 Å². The van der Waals surface area contributed by atoms with Gasteiger partial charge in [-0.3, -0.25) is 14.4 Å². The fourth-order valence-electron chi connectivity index (χ4n) is 8.60. The van der Waals surface area contributed by atoms with Crippen LogP contribution >= 0.6 is 0 Å². The minimum atomic E-state index is -1.34. The first kappa shape index (κ1) is 41.9. The van der Waals surface area contributed by atoms with Gasteiger partial charge in [0.25, 0.3) is 0 Å². The number of carboxylic acid groups (broad SMARTS) is 1. The van der Waals surface area contributed by atoms with Gasteiger partial charge < -0.3 is 44.7 Å². The summed E-state index contributed by atoms with van der Waals surface area (Å²) in [7, 11) is 1.20. The Labute approximate surface area is 353 Å². The average molecular weight is 853 g/mol. The van der Waals surface area contributed by atoms with Gasteiger partial charge in [-0.05, 0) is 46.9 Å². The number of fused-ring (bicyclic) bond motifs is 4. The highest BCUT2D eigenvalue weighted by atomic mass is 19.1. The van der Waals surface area contributed by atoms with Crippen molar-refractivity contribution < 1.29 is 42.2 Å². The Kier molecular flexibility index (Phi) is 11.2. The number of amides is 4. The highest BCUT2D eigenvalue weighted by Crippen LogP contribution is 2.37. The largest absolute Gasteiger partial charge is 0.465 e. The number of rotatable bonds is 10. The van der Waals surface area contributed by atoms with Gasteiger partial charge in [0.15, 0.2) is 0 Å². The Hall–Kier alpha value is -6.85. The third-order valence-electron chi connectivity index (χ3n) is 11.8. The molecule has 3 aromatic carbocycles. The van der Waals surface area contributed by atoms with E-state index < -0.39 is 60.5 Å². The summed E-state index contributed by atoms with van der Waals surface area (Å²) < 4.78 is 40.7. The lowest BCUT2D eigenvalue weighted by Crippen LogP contribution is -2.51. The maximum Gasteiger partial charge on any atom is 0.407 e. The van der Waals surface area contributed by atoms with Crippen LogP contribution in [0.25, 0.3) is 55.2 Å². The first-order chi connectivity index (χ1) is 29.6. The molecular formula is C44H46F2N8O8. The number of hydrogen-bond acceptors (Lipinski definition) is 9. The molecule has 8 rings (SSSR count). The van der Waals surface area contributed by atoms with Gasteiger partial charge in [0.05, 0.1) is 66.8 Å². The minimum absolute atomic E-state index is 0.00846. The summed E-state index contributed by atoms with van der Waals surface area (Å²) in [6, 6.07) is 10.8. The zero-order chi connectivity index (χ0) is 44.1. The Morgan fingerprint density at radius 1 is 0.774 bits per heavy atom. The first-order valence-corrected chi connectivity index (χ1v) is 20.4. The van der Waals surface area contributed by atoms with Crippen molar-refractivity contribution in [3.63, 3.8) is 0 Å². The molecule has 62 heavy (non-hydrogen) atoms. The number of benzene rings is 3. The maximum absolute atomic E-state index is 14.9. The number of alkyl halides is 2. The highest BCUT2D eigenvalue weighted by molar-refractivity contribution is 6.09. The van der Waals surface area contributed by atoms with Gasteiger partial charge in [-0.15, -0.1) is 0 Å². The summed E-state index contributed by atoms with van der Waals surface area (Å²) in [5.41, 5.74) is 3.01. The molecule has 2 unspecified atom stereocenters. The average Bonchev–Trinajstić information content (AvgIpc) is 4.07. The molecule has 5 heterocycles. The summed E-state index contributed by atoms with van der Waals surface area (Å²) in [6.07, 6.45) is -1.50. The fourth-order valence-corrected chi connectivity index (χ4v) is 8.60. The molecule has 0 spiro atoms. The second-order valence-corrected chi connectivity index (χ2v) is 16.6. The van der Waals surface area contributed by atoms with Crippen LogP contribution in [0.3, 0.4) is 0 Å². The van der Waals surface area contributed by atoms with Gasteiger partial charge in [-0.25, -0.2) is 28.3 Å². The van der Waals surface area contributed by atoms with Gasteiger partial charge >= 0.3 is 12.2 Å². The van der Waals surface area contributed by atoms with Gasteiger partial charge in [0.2, 0.25) is 17.2 Å². The molecule has 0 radical (unpaired) electrons. The smallest absolute Gasteiger partial charge is 0.407 e. The molecule has 0 aliphatic carbocycles. The molecule has 6 aromatic rings. The highest BCUT2D eigenvalue weighted by Gasteiger charge is 2.43. The van der Waals surface area contributed by atoms with E-state index in [0.29, 0.717) is 55.9 Å². The number of methoxy groups -OCH3 is 1. The third kappa shape index (κ3) is 7.80. The number of aromatic amines is 2. The number of imidazole rings is 2. The molecule has 2 fully saturated rings. The lowest BCUT2D eigenvalue weighted by molar-refractivity contribution is -0.136. The SMILES string of the molecule is COC(=O)NC(C(=O)N1C[C@H](F)C[C@H]1c1ncc(-c2ccc3c(=O)c4c(ccc5cc(-c6cnc([C@@H]7C[C@@H](F)CN7C(=O)C(NC(=O)O)C(C)C)[nH]6)ccc54)oc3c2)[nH]1)C(C)C. The number of aromatic nitrogens is 4. The number of halogens is 2. The summed E-state index contributed by atoms with van der Waals surface area (Å²) in [5.74, 6) is -0.869. The van der Waals surface area contributed by atoms with E-state index in [1.165, 1.54) is 16.9 Å². The van der Waals surface area contributed by atoms with E-state index in [1.807, 2.05) is 24.3 Å². The molecule has 0 saturated carbocycles. The summed E-state index contributed by atoms with van der Waals surface area (Å²) in [4.78, 5) is 82.7. The summed E-state index contributed by atoms with van der Waals surface area (Å²) in [5, 5.41) is 16.3. The van der Waals surface area contributed by atoms with Crippen molar-refractivity contribution in [1.82, 2.24) is 40.4 Å². The van der Waals surface area contributed by atoms with Crippen molar-refractivity contribution >= 4 is 56.7 Å². The normalized spacial score (nSPS) is 20.1. The zero-order valence-corrected chi connectivity index (χ0v) is 34.6. The Morgan fingerprint density at radius 3 is 1.84 bits per heavy atom. The molecule has 4 amide bonds. The number of carbonyl (C=O) groups excluding carboxylic acids is 3. The van der Waals surface area contributed by atoms with Crippen LogP contribution < -0.4 is 16.1 Å². The Balaban J connectivity index is 1.05. The maximum atomic E-state index is 14.9. The molecule has 2 saturated heterocycles. The fraction of sp³-hybridized carbons (Fsp3) is 0.386. The number of ether oxygens (including phenoxy) is 1. The van der Waals surface area contributed by atoms with E-state index in [0.717, 1.165) is 10.9 Å². The number of likely N-dealkylation sites (tertiary alicyclic amines) is 2. The van der Waals surface area contributed by atoms with Crippen molar-refractivity contribution in [2.75, 3.05) is 20.2 Å². The second kappa shape index (κ2) is 16.5. The van der Waals surface area contributed by atoms with E-state index in [2.05, 4.69) is 30.6 Å². The number of alkyl carbamates (subject to hydrolysis) is 1. The molecule has 6 atom stereocenters. The lowest BCUT2D eigenvalue weighted by atomic mass is 10.0. The molecule has 0 bridgehead atoms. The van der Waals surface area contributed by atoms with Crippen LogP contribution in [-0.4, -0.2) is 103 Å². The molecule has 18 heteroatoms. The third-order valence-corrected chi connectivity index (χ3v) is 11.8. The van der Waals surface area contributed by atoms with Crippen LogP contribution in [0.4, 0.5) is 18.4 Å². The van der Waals surface area contributed by atoms with Crippen molar-refractivity contribution in [3.8, 4) is 22.5 Å². The topological polar surface area (TPSA) is 216 Å². The lowest BCUT2D eigenvalue weighted by Gasteiger charge is -2.29. The molecule has 5 N–H and O–H groups in total. The van der Waals surface area contributed by atoms with E-state index in [-0.39, 0.29) is 43.2 Å². The standard InChI is InChI=1S/C44H46F2N8O8/c1-20(2)36(51-43(58)59)41(56)53-18-25(45)14-31(53)39-47-16-29(49-39)23-6-9-27-22(12-23)8-11-33-35(27)38(55)28-10-7-24(13-34(28)62-33)30-17-48-40(50-30)32-15-26(46)19-54(32)42(57)37(21(3)4)52-44(60)61-5/h6-13,16-17,20-21,25-26,31-32,36-37,51H,14-15,18-19H2,1-5H3,(H,47,49)(H,48,50)(H,52,60)(H,58,59)/t25-,26-,31+,32+,36?,37?/m1/s1. The second-order valence-electron chi connectivity index (χ2n) is 16.6. The van der Waals surface area contributed by atoms with Crippen LogP contribution in [0, 0.1) is 11.8 Å². The van der Waals surface area contributed by atoms with Gasteiger partial charge in [0.1, 0.15) is 47.2 Å². The molecule has 2 aliphatic heterocycles. The van der Waals surface area contributed by atoms with Crippen LogP contribution in [-0.2, 0) is 14.3 Å². The molecule has 2 aliphatic rings. The van der Waals surface area contributed by atoms with Gasteiger partial charge in [-0.2, -0.15) is 0 Å². The van der Waals surface area contributed by atoms with E-state index in [9.17, 15) is 37.9 Å². The van der Waals surface area contributed by atoms with Gasteiger partial charge in [-0.1, -0.05) is 52.0 Å². The van der Waals surface area contributed by atoms with Crippen molar-refractivity contribution in [2.45, 2.75) is 77.0 Å². The predicted octanol–water partition coefficient (Wildman–Crippen LogP) is 6.78. The number of H-pyrrole nitrogens is 2. The zero-order valence-electron chi connectivity index (χ0n) is 34.6. The van der Waals surface area contributed by atoms with Crippen LogP contribution in [0.15, 0.2) is 70.1 Å². The van der Waals surface area contributed by atoms with Crippen molar-refractivity contribution in [2.24, 2.45) is 11.8 Å². The van der Waals surface area contributed by atoms with E-state index >= 15 is 0 Å². The number of hydrogen-bond donors (Lipinski definition) is 5. The number of nitrogens with zero attached hydrogens (tertiary/aromatic N) is 4. The number of nitrogens with one attached hydrogen (secondary N) is 4. The van der Waals surface area contributed by atoms with Crippen molar-refractivity contribution in [3.05, 3.63) is 82.8 Å². The molecule has 324 valence electrons. The Morgan fingerprint density at radius 2 is 1.31 bits per heavy atom. The Bertz CT molecular complexity index is 2780. The van der Waals surface area contributed by atoms with E-state index in [1.54, 1.807) is 64.4 Å². The monoisotopic (exact) mass is 852 g/mol. The van der Waals surface area contributed by atoms with Crippen LogP contribution in [0.1, 0.15) is 64.3 Å². The molecular weight excluding hydrogens is 807 g/mol. The van der Waals surface area contributed by atoms with Crippen LogP contribution in [0.5, 0.6) is 0 Å². The van der Waals surface area contributed by atoms with Gasteiger partial charge in [0, 0.05) is 24.0 Å². The van der Waals surface area contributed by atoms with Crippen molar-refractivity contribution in [1.29, 1.82) is 0 Å². The summed E-state index contributed by atoms with van der Waals surface area (Å²) in [6.45, 7) is 6.65. The predicted molar refractivity (Wildman–Crippen MR) is 225 cm³/mol. The first-order valence-electron chi connectivity index (χ1n) is 20.4. The quantitative estimate of drug-likeness (QED) is 0.0720. The molecule has 3 aromatic heterocycles. The summed E-state index contributed by atoms with van der Waals surface area (Å²) >= 11 is 0. The number of carbonyl (C=O) groups is 4. The van der Waals surface area contributed by atoms with E-state index in [4.69, 9.17) is 9.15 Å². The minimum Gasteiger partial charge on any atom is -0.465 e. The molecule has 16 nitrogen and oxygen atoms in total.